The number of hydrogen-bond acceptors (Lipinski definition) is 4. The first kappa shape index (κ1) is 25.1. The summed E-state index contributed by atoms with van der Waals surface area (Å²) < 4.78 is 11.4. The zero-order valence-corrected chi connectivity index (χ0v) is 21.3. The van der Waals surface area contributed by atoms with Gasteiger partial charge < -0.3 is 19.7 Å². The number of rotatable bonds is 8. The SMILES string of the molecule is Cc1ccc(C(C(=O)NCc2ccccc2)N(Cc2ccccc2)C(=O)c2ccc3c(c2)OCCO3)cc1. The summed E-state index contributed by atoms with van der Waals surface area (Å²) >= 11 is 0. The van der Waals surface area contributed by atoms with E-state index < -0.39 is 6.04 Å². The van der Waals surface area contributed by atoms with Gasteiger partial charge in [-0.25, -0.2) is 0 Å². The largest absolute Gasteiger partial charge is 0.486 e. The average Bonchev–Trinajstić information content (AvgIpc) is 2.97. The summed E-state index contributed by atoms with van der Waals surface area (Å²) in [6.07, 6.45) is 0. The van der Waals surface area contributed by atoms with Crippen LogP contribution in [-0.4, -0.2) is 29.9 Å². The van der Waals surface area contributed by atoms with Gasteiger partial charge in [0.15, 0.2) is 11.5 Å². The lowest BCUT2D eigenvalue weighted by Gasteiger charge is -2.32. The van der Waals surface area contributed by atoms with Crippen LogP contribution < -0.4 is 14.8 Å². The molecule has 0 radical (unpaired) electrons. The Kier molecular flexibility index (Phi) is 7.69. The van der Waals surface area contributed by atoms with E-state index in [1.807, 2.05) is 91.9 Å². The molecule has 6 heteroatoms. The highest BCUT2D eigenvalue weighted by atomic mass is 16.6. The maximum Gasteiger partial charge on any atom is 0.255 e. The first-order chi connectivity index (χ1) is 18.6. The van der Waals surface area contributed by atoms with Crippen molar-refractivity contribution in [2.45, 2.75) is 26.1 Å². The van der Waals surface area contributed by atoms with Gasteiger partial charge in [-0.05, 0) is 41.8 Å². The van der Waals surface area contributed by atoms with E-state index in [1.165, 1.54) is 0 Å². The standard InChI is InChI=1S/C32H30N2O4/c1-23-12-14-26(15-13-23)30(31(35)33-21-24-8-4-2-5-9-24)34(22-25-10-6-3-7-11-25)32(36)27-16-17-28-29(20-27)38-19-18-37-28/h2-17,20,30H,18-19,21-22H2,1H3,(H,33,35). The fourth-order valence-corrected chi connectivity index (χ4v) is 4.51. The van der Waals surface area contributed by atoms with Gasteiger partial charge in [-0.15, -0.1) is 0 Å². The number of nitrogens with one attached hydrogen (secondary N) is 1. The molecule has 5 rings (SSSR count). The maximum atomic E-state index is 14.1. The molecule has 0 aliphatic carbocycles. The molecular weight excluding hydrogens is 476 g/mol. The molecular formula is C32H30N2O4. The molecule has 38 heavy (non-hydrogen) atoms. The van der Waals surface area contributed by atoms with E-state index in [1.54, 1.807) is 23.1 Å². The molecule has 192 valence electrons. The van der Waals surface area contributed by atoms with E-state index >= 15 is 0 Å². The second kappa shape index (κ2) is 11.6. The number of benzene rings is 4. The molecule has 1 atom stereocenters. The van der Waals surface area contributed by atoms with E-state index in [0.717, 1.165) is 22.3 Å². The summed E-state index contributed by atoms with van der Waals surface area (Å²) in [6, 6.07) is 31.5. The molecule has 0 spiro atoms. The van der Waals surface area contributed by atoms with Gasteiger partial charge >= 0.3 is 0 Å². The fraction of sp³-hybridized carbons (Fsp3) is 0.188. The summed E-state index contributed by atoms with van der Waals surface area (Å²) in [6.45, 7) is 3.50. The summed E-state index contributed by atoms with van der Waals surface area (Å²) in [4.78, 5) is 29.6. The lowest BCUT2D eigenvalue weighted by atomic mass is 10.00. The second-order valence-electron chi connectivity index (χ2n) is 9.29. The Morgan fingerprint density at radius 2 is 1.42 bits per heavy atom. The van der Waals surface area contributed by atoms with Crippen molar-refractivity contribution in [2.75, 3.05) is 13.2 Å². The predicted molar refractivity (Wildman–Crippen MR) is 146 cm³/mol. The summed E-state index contributed by atoms with van der Waals surface area (Å²) in [5.41, 5.74) is 4.15. The summed E-state index contributed by atoms with van der Waals surface area (Å²) in [7, 11) is 0. The van der Waals surface area contributed by atoms with Gasteiger partial charge in [0, 0.05) is 18.7 Å². The maximum absolute atomic E-state index is 14.1. The van der Waals surface area contributed by atoms with Crippen LogP contribution >= 0.6 is 0 Å². The lowest BCUT2D eigenvalue weighted by Crippen LogP contribution is -2.43. The number of carbonyl (C=O) groups excluding carboxylic acids is 2. The van der Waals surface area contributed by atoms with Crippen LogP contribution in [0.15, 0.2) is 103 Å². The van der Waals surface area contributed by atoms with E-state index in [2.05, 4.69) is 5.32 Å². The van der Waals surface area contributed by atoms with Crippen molar-refractivity contribution in [2.24, 2.45) is 0 Å². The summed E-state index contributed by atoms with van der Waals surface area (Å²) in [5, 5.41) is 3.06. The number of fused-ring (bicyclic) bond motifs is 1. The number of nitrogens with zero attached hydrogens (tertiary/aromatic N) is 1. The number of carbonyl (C=O) groups is 2. The minimum atomic E-state index is -0.847. The third kappa shape index (κ3) is 5.86. The molecule has 0 saturated carbocycles. The van der Waals surface area contributed by atoms with Gasteiger partial charge in [-0.3, -0.25) is 9.59 Å². The summed E-state index contributed by atoms with van der Waals surface area (Å²) in [5.74, 6) is 0.617. The van der Waals surface area contributed by atoms with E-state index in [4.69, 9.17) is 9.47 Å². The molecule has 1 unspecified atom stereocenters. The third-order valence-electron chi connectivity index (χ3n) is 6.51. The number of aryl methyl sites for hydroxylation is 1. The molecule has 0 aromatic heterocycles. The zero-order chi connectivity index (χ0) is 26.3. The zero-order valence-electron chi connectivity index (χ0n) is 21.3. The molecule has 0 fully saturated rings. The molecule has 1 aliphatic heterocycles. The van der Waals surface area contributed by atoms with E-state index in [0.29, 0.717) is 36.8 Å². The lowest BCUT2D eigenvalue weighted by molar-refractivity contribution is -0.126. The minimum Gasteiger partial charge on any atom is -0.486 e. The number of ether oxygens (including phenoxy) is 2. The highest BCUT2D eigenvalue weighted by molar-refractivity contribution is 5.98. The Hall–Kier alpha value is -4.58. The molecule has 1 aliphatic rings. The van der Waals surface area contributed by atoms with Crippen LogP contribution in [0.4, 0.5) is 0 Å². The van der Waals surface area contributed by atoms with Gasteiger partial charge in [0.2, 0.25) is 5.91 Å². The minimum absolute atomic E-state index is 0.250. The Labute approximate surface area is 222 Å². The monoisotopic (exact) mass is 506 g/mol. The molecule has 2 amide bonds. The molecule has 4 aromatic carbocycles. The number of amides is 2. The van der Waals surface area contributed by atoms with Crippen molar-refractivity contribution in [3.8, 4) is 11.5 Å². The van der Waals surface area contributed by atoms with Crippen molar-refractivity contribution in [3.05, 3.63) is 131 Å². The van der Waals surface area contributed by atoms with Gasteiger partial charge in [0.05, 0.1) is 0 Å². The van der Waals surface area contributed by atoms with Crippen LogP contribution in [0.5, 0.6) is 11.5 Å². The molecule has 1 N–H and O–H groups in total. The fourth-order valence-electron chi connectivity index (χ4n) is 4.51. The molecule has 0 bridgehead atoms. The van der Waals surface area contributed by atoms with Crippen molar-refractivity contribution < 1.29 is 19.1 Å². The van der Waals surface area contributed by atoms with E-state index in [-0.39, 0.29) is 18.4 Å². The third-order valence-corrected chi connectivity index (χ3v) is 6.51. The smallest absolute Gasteiger partial charge is 0.255 e. The molecule has 6 nitrogen and oxygen atoms in total. The molecule has 0 saturated heterocycles. The second-order valence-corrected chi connectivity index (χ2v) is 9.29. The normalized spacial score (nSPS) is 12.9. The first-order valence-corrected chi connectivity index (χ1v) is 12.7. The van der Waals surface area contributed by atoms with Crippen molar-refractivity contribution >= 4 is 11.8 Å². The highest BCUT2D eigenvalue weighted by Gasteiger charge is 2.33. The van der Waals surface area contributed by atoms with Crippen LogP contribution in [0.1, 0.15) is 38.7 Å². The van der Waals surface area contributed by atoms with Crippen LogP contribution in [0, 0.1) is 6.92 Å². The van der Waals surface area contributed by atoms with Crippen molar-refractivity contribution in [1.82, 2.24) is 10.2 Å². The topological polar surface area (TPSA) is 67.9 Å². The molecule has 1 heterocycles. The average molecular weight is 507 g/mol. The van der Waals surface area contributed by atoms with Crippen LogP contribution in [0.2, 0.25) is 0 Å². The van der Waals surface area contributed by atoms with Crippen LogP contribution in [0.3, 0.4) is 0 Å². The Morgan fingerprint density at radius 1 is 0.789 bits per heavy atom. The van der Waals surface area contributed by atoms with Crippen molar-refractivity contribution in [3.63, 3.8) is 0 Å². The first-order valence-electron chi connectivity index (χ1n) is 12.7. The van der Waals surface area contributed by atoms with E-state index in [9.17, 15) is 9.59 Å². The van der Waals surface area contributed by atoms with Gasteiger partial charge in [-0.2, -0.15) is 0 Å². The van der Waals surface area contributed by atoms with Crippen molar-refractivity contribution in [1.29, 1.82) is 0 Å². The Balaban J connectivity index is 1.53. The molecule has 4 aromatic rings. The van der Waals surface area contributed by atoms with Crippen LogP contribution in [0.25, 0.3) is 0 Å². The van der Waals surface area contributed by atoms with Crippen LogP contribution in [-0.2, 0) is 17.9 Å². The quantitative estimate of drug-likeness (QED) is 0.344. The van der Waals surface area contributed by atoms with Gasteiger partial charge in [-0.1, -0.05) is 90.5 Å². The highest BCUT2D eigenvalue weighted by Crippen LogP contribution is 2.33. The Bertz CT molecular complexity index is 1390. The van der Waals surface area contributed by atoms with Gasteiger partial charge in [0.25, 0.3) is 5.91 Å². The Morgan fingerprint density at radius 3 is 2.11 bits per heavy atom. The number of hydrogen-bond donors (Lipinski definition) is 1. The van der Waals surface area contributed by atoms with Gasteiger partial charge in [0.1, 0.15) is 19.3 Å². The predicted octanol–water partition coefficient (Wildman–Crippen LogP) is 5.47.